The van der Waals surface area contributed by atoms with Gasteiger partial charge in [0.1, 0.15) is 11.8 Å². The van der Waals surface area contributed by atoms with Crippen LogP contribution in [-0.2, 0) is 0 Å². The predicted molar refractivity (Wildman–Crippen MR) is 95.7 cm³/mol. The zero-order valence-corrected chi connectivity index (χ0v) is 14.0. The van der Waals surface area contributed by atoms with Crippen LogP contribution < -0.4 is 0 Å². The van der Waals surface area contributed by atoms with Crippen molar-refractivity contribution in [2.24, 2.45) is 0 Å². The average Bonchev–Trinajstić information content (AvgIpc) is 2.99. The molecule has 0 N–H and O–H groups in total. The normalized spacial score (nSPS) is 10.9. The van der Waals surface area contributed by atoms with Crippen LogP contribution in [-0.4, -0.2) is 15.0 Å². The minimum atomic E-state index is 0.319. The van der Waals surface area contributed by atoms with Crippen molar-refractivity contribution in [2.75, 3.05) is 0 Å². The second-order valence-corrected chi connectivity index (χ2v) is 5.88. The fourth-order valence-corrected chi connectivity index (χ4v) is 2.50. The van der Waals surface area contributed by atoms with Gasteiger partial charge in [-0.3, -0.25) is 0 Å². The maximum Gasteiger partial charge on any atom is 0.190 e. The van der Waals surface area contributed by atoms with Gasteiger partial charge in [0.25, 0.3) is 0 Å². The van der Waals surface area contributed by atoms with E-state index >= 15 is 0 Å². The van der Waals surface area contributed by atoms with Crippen molar-refractivity contribution in [2.45, 2.75) is 20.8 Å². The van der Waals surface area contributed by atoms with E-state index in [4.69, 9.17) is 0 Å². The maximum atomic E-state index is 9.34. The van der Waals surface area contributed by atoms with Gasteiger partial charge in [-0.1, -0.05) is 53.3 Å². The summed E-state index contributed by atoms with van der Waals surface area (Å²) in [5.41, 5.74) is 6.45. The van der Waals surface area contributed by atoms with Gasteiger partial charge in [-0.25, -0.2) is 4.68 Å². The second kappa shape index (κ2) is 6.51. The van der Waals surface area contributed by atoms with Gasteiger partial charge in [-0.05, 0) is 49.6 Å². The summed E-state index contributed by atoms with van der Waals surface area (Å²) in [6.45, 7) is 6.11. The van der Waals surface area contributed by atoms with Crippen molar-refractivity contribution in [1.82, 2.24) is 15.0 Å². The standard InChI is InChI=1S/C20H18N4/c1-14-5-8-17(9-6-14)10-11-19-18(13-21)22-23-24(19)20-12-15(2)4-7-16(20)3/h4-12H,1-3H3/b11-10+. The number of aromatic nitrogens is 3. The molecule has 0 saturated heterocycles. The zero-order valence-electron chi connectivity index (χ0n) is 14.0. The molecular formula is C20H18N4. The van der Waals surface area contributed by atoms with Crippen molar-refractivity contribution in [3.8, 4) is 11.8 Å². The Bertz CT molecular complexity index is 941. The van der Waals surface area contributed by atoms with Crippen LogP contribution in [0.15, 0.2) is 42.5 Å². The van der Waals surface area contributed by atoms with Crippen LogP contribution in [0.4, 0.5) is 0 Å². The molecule has 0 atom stereocenters. The maximum absolute atomic E-state index is 9.34. The summed E-state index contributed by atoms with van der Waals surface area (Å²) in [6, 6.07) is 16.5. The number of hydrogen-bond acceptors (Lipinski definition) is 3. The van der Waals surface area contributed by atoms with Crippen LogP contribution in [0.1, 0.15) is 33.6 Å². The monoisotopic (exact) mass is 314 g/mol. The van der Waals surface area contributed by atoms with E-state index in [1.807, 2.05) is 50.3 Å². The zero-order chi connectivity index (χ0) is 17.1. The van der Waals surface area contributed by atoms with E-state index in [9.17, 15) is 5.26 Å². The van der Waals surface area contributed by atoms with Gasteiger partial charge < -0.3 is 0 Å². The molecule has 4 heteroatoms. The number of aryl methyl sites for hydroxylation is 3. The van der Waals surface area contributed by atoms with Crippen LogP contribution in [0.2, 0.25) is 0 Å². The topological polar surface area (TPSA) is 54.5 Å². The first-order valence-electron chi connectivity index (χ1n) is 7.76. The summed E-state index contributed by atoms with van der Waals surface area (Å²) in [6.07, 6.45) is 3.87. The Balaban J connectivity index is 2.07. The summed E-state index contributed by atoms with van der Waals surface area (Å²) in [4.78, 5) is 0. The third-order valence-electron chi connectivity index (χ3n) is 3.91. The smallest absolute Gasteiger partial charge is 0.190 e. The van der Waals surface area contributed by atoms with Crippen molar-refractivity contribution in [3.63, 3.8) is 0 Å². The third-order valence-corrected chi connectivity index (χ3v) is 3.91. The molecule has 3 aromatic rings. The molecule has 1 aromatic heterocycles. The first kappa shape index (κ1) is 15.7. The molecule has 24 heavy (non-hydrogen) atoms. The Morgan fingerprint density at radius 3 is 2.38 bits per heavy atom. The first-order valence-corrected chi connectivity index (χ1v) is 7.76. The molecule has 0 fully saturated rings. The van der Waals surface area contributed by atoms with Gasteiger partial charge in [-0.15, -0.1) is 5.10 Å². The Hall–Kier alpha value is -3.19. The van der Waals surface area contributed by atoms with Gasteiger partial charge in [0.2, 0.25) is 0 Å². The number of benzene rings is 2. The molecule has 1 heterocycles. The molecule has 0 unspecified atom stereocenters. The van der Waals surface area contributed by atoms with E-state index in [-0.39, 0.29) is 0 Å². The summed E-state index contributed by atoms with van der Waals surface area (Å²) in [7, 11) is 0. The van der Waals surface area contributed by atoms with Crippen molar-refractivity contribution in [3.05, 3.63) is 76.1 Å². The number of nitriles is 1. The van der Waals surface area contributed by atoms with Crippen LogP contribution >= 0.6 is 0 Å². The summed E-state index contributed by atoms with van der Waals surface area (Å²) in [5.74, 6) is 0. The van der Waals surface area contributed by atoms with Gasteiger partial charge in [0, 0.05) is 0 Å². The van der Waals surface area contributed by atoms with Gasteiger partial charge in [0.05, 0.1) is 5.69 Å². The molecule has 2 aromatic carbocycles. The van der Waals surface area contributed by atoms with Crippen LogP contribution in [0, 0.1) is 32.1 Å². The number of rotatable bonds is 3. The molecule has 0 saturated carbocycles. The molecule has 4 nitrogen and oxygen atoms in total. The highest BCUT2D eigenvalue weighted by molar-refractivity contribution is 5.71. The van der Waals surface area contributed by atoms with E-state index in [0.717, 1.165) is 22.4 Å². The lowest BCUT2D eigenvalue weighted by molar-refractivity contribution is 0.792. The highest BCUT2D eigenvalue weighted by atomic mass is 15.4. The third kappa shape index (κ3) is 3.11. The quantitative estimate of drug-likeness (QED) is 0.726. The molecule has 0 aliphatic carbocycles. The highest BCUT2D eigenvalue weighted by Crippen LogP contribution is 2.20. The average molecular weight is 314 g/mol. The Morgan fingerprint density at radius 1 is 0.958 bits per heavy atom. The molecule has 0 bridgehead atoms. The van der Waals surface area contributed by atoms with Crippen LogP contribution in [0.5, 0.6) is 0 Å². The Kier molecular flexibility index (Phi) is 4.26. The van der Waals surface area contributed by atoms with Crippen molar-refractivity contribution >= 4 is 12.2 Å². The lowest BCUT2D eigenvalue weighted by Crippen LogP contribution is -2.02. The highest BCUT2D eigenvalue weighted by Gasteiger charge is 2.13. The van der Waals surface area contributed by atoms with Crippen LogP contribution in [0.25, 0.3) is 17.8 Å². The van der Waals surface area contributed by atoms with Crippen LogP contribution in [0.3, 0.4) is 0 Å². The minimum absolute atomic E-state index is 0.319. The van der Waals surface area contributed by atoms with Gasteiger partial charge >= 0.3 is 0 Å². The Morgan fingerprint density at radius 2 is 1.67 bits per heavy atom. The lowest BCUT2D eigenvalue weighted by atomic mass is 10.1. The van der Waals surface area contributed by atoms with Crippen molar-refractivity contribution < 1.29 is 0 Å². The largest absolute Gasteiger partial charge is 0.212 e. The molecule has 0 aliphatic heterocycles. The van der Waals surface area contributed by atoms with E-state index in [1.54, 1.807) is 4.68 Å². The molecule has 3 rings (SSSR count). The predicted octanol–water partition coefficient (Wildman–Crippen LogP) is 4.23. The summed E-state index contributed by atoms with van der Waals surface area (Å²) >= 11 is 0. The molecule has 118 valence electrons. The molecule has 0 amide bonds. The number of nitrogens with zero attached hydrogens (tertiary/aromatic N) is 4. The fourth-order valence-electron chi connectivity index (χ4n) is 2.50. The van der Waals surface area contributed by atoms with Crippen molar-refractivity contribution in [1.29, 1.82) is 5.26 Å². The molecule has 0 radical (unpaired) electrons. The summed E-state index contributed by atoms with van der Waals surface area (Å²) in [5, 5.41) is 17.5. The minimum Gasteiger partial charge on any atom is -0.212 e. The van der Waals surface area contributed by atoms with Gasteiger partial charge in [0.15, 0.2) is 5.69 Å². The second-order valence-electron chi connectivity index (χ2n) is 5.88. The number of hydrogen-bond donors (Lipinski definition) is 0. The Labute approximate surface area is 141 Å². The van der Waals surface area contributed by atoms with Gasteiger partial charge in [-0.2, -0.15) is 5.26 Å². The first-order chi connectivity index (χ1) is 11.6. The van der Waals surface area contributed by atoms with E-state index in [2.05, 4.69) is 41.5 Å². The molecule has 0 spiro atoms. The van der Waals surface area contributed by atoms with E-state index < -0.39 is 0 Å². The van der Waals surface area contributed by atoms with E-state index in [1.165, 1.54) is 5.56 Å². The SMILES string of the molecule is Cc1ccc(/C=C/c2c(C#N)nnn2-c2cc(C)ccc2C)cc1. The fraction of sp³-hybridized carbons (Fsp3) is 0.150. The molecular weight excluding hydrogens is 296 g/mol. The lowest BCUT2D eigenvalue weighted by Gasteiger charge is -2.08. The summed E-state index contributed by atoms with van der Waals surface area (Å²) < 4.78 is 1.73. The van der Waals surface area contributed by atoms with E-state index in [0.29, 0.717) is 11.4 Å². The molecule has 0 aliphatic rings.